The Hall–Kier alpha value is -3.56. The fourth-order valence-corrected chi connectivity index (χ4v) is 7.80. The summed E-state index contributed by atoms with van der Waals surface area (Å²) in [5, 5.41) is 1.83. The van der Waals surface area contributed by atoms with Gasteiger partial charge in [0, 0.05) is 29.5 Å². The molecule has 0 aromatic heterocycles. The molecular formula is C28H30BrFN4O8S. The molecule has 2 aliphatic heterocycles. The number of sulfonamides is 1. The number of rotatable bonds is 8. The molecule has 3 aliphatic rings. The van der Waals surface area contributed by atoms with Crippen molar-refractivity contribution >= 4 is 50.0 Å². The third-order valence-electron chi connectivity index (χ3n) is 7.89. The highest BCUT2D eigenvalue weighted by Gasteiger charge is 2.58. The number of halogens is 2. The summed E-state index contributed by atoms with van der Waals surface area (Å²) in [5.74, 6) is -1.91. The van der Waals surface area contributed by atoms with Gasteiger partial charge in [-0.3, -0.25) is 9.59 Å². The number of carbonyl (C=O) groups excluding carboxylic acids is 4. The number of hydrogen-bond donors (Lipinski definition) is 2. The van der Waals surface area contributed by atoms with Gasteiger partial charge in [0.05, 0.1) is 12.6 Å². The topological polar surface area (TPSA) is 151 Å². The van der Waals surface area contributed by atoms with E-state index in [4.69, 9.17) is 9.47 Å². The Labute approximate surface area is 256 Å². The van der Waals surface area contributed by atoms with Crippen molar-refractivity contribution in [2.45, 2.75) is 49.6 Å². The van der Waals surface area contributed by atoms with Crippen LogP contribution in [0.3, 0.4) is 0 Å². The predicted molar refractivity (Wildman–Crippen MR) is 153 cm³/mol. The van der Waals surface area contributed by atoms with Crippen molar-refractivity contribution in [3.05, 3.63) is 69.4 Å². The number of fused-ring (bicyclic) bond motifs is 2. The van der Waals surface area contributed by atoms with Gasteiger partial charge in [-0.05, 0) is 61.7 Å². The Morgan fingerprint density at radius 3 is 2.70 bits per heavy atom. The molecule has 4 amide bonds. The van der Waals surface area contributed by atoms with E-state index in [9.17, 15) is 32.0 Å². The van der Waals surface area contributed by atoms with E-state index in [1.165, 1.54) is 36.1 Å². The first-order valence-corrected chi connectivity index (χ1v) is 16.1. The Bertz CT molecular complexity index is 1560. The lowest BCUT2D eigenvalue weighted by Crippen LogP contribution is -2.61. The van der Waals surface area contributed by atoms with Crippen LogP contribution in [0.2, 0.25) is 0 Å². The third kappa shape index (κ3) is 6.10. The lowest BCUT2D eigenvalue weighted by atomic mass is 9.95. The highest BCUT2D eigenvalue weighted by Crippen LogP contribution is 2.46. The molecule has 2 saturated heterocycles. The minimum atomic E-state index is -4.33. The molecule has 12 nitrogen and oxygen atoms in total. The third-order valence-corrected chi connectivity index (χ3v) is 10.2. The van der Waals surface area contributed by atoms with Crippen molar-refractivity contribution in [3.63, 3.8) is 0 Å². The molecule has 1 unspecified atom stereocenters. The summed E-state index contributed by atoms with van der Waals surface area (Å²) < 4.78 is 53.4. The molecule has 5 rings (SSSR count). The fourth-order valence-electron chi connectivity index (χ4n) is 5.87. The van der Waals surface area contributed by atoms with Crippen molar-refractivity contribution in [3.8, 4) is 0 Å². The molecule has 15 heteroatoms. The minimum absolute atomic E-state index is 0.0337. The van der Waals surface area contributed by atoms with Gasteiger partial charge in [0.15, 0.2) is 0 Å². The van der Waals surface area contributed by atoms with Crippen molar-refractivity contribution < 1.29 is 41.5 Å². The first-order chi connectivity index (χ1) is 20.4. The van der Waals surface area contributed by atoms with E-state index >= 15 is 0 Å². The Morgan fingerprint density at radius 1 is 1.23 bits per heavy atom. The van der Waals surface area contributed by atoms with Crippen molar-refractivity contribution in [1.29, 1.82) is 0 Å². The number of amides is 4. The van der Waals surface area contributed by atoms with Crippen LogP contribution < -0.4 is 10.0 Å². The molecule has 2 fully saturated rings. The fraction of sp³-hybridized carbons (Fsp3) is 0.429. The van der Waals surface area contributed by atoms with Crippen molar-refractivity contribution in [2.75, 3.05) is 26.2 Å². The summed E-state index contributed by atoms with van der Waals surface area (Å²) >= 11 is 3.41. The van der Waals surface area contributed by atoms with E-state index < -0.39 is 63.3 Å². The van der Waals surface area contributed by atoms with Gasteiger partial charge >= 0.3 is 12.2 Å². The minimum Gasteiger partial charge on any atom is -0.449 e. The molecule has 2 aromatic carbocycles. The Morgan fingerprint density at radius 2 is 1.98 bits per heavy atom. The maximum absolute atomic E-state index is 14.0. The second kappa shape index (κ2) is 12.2. The maximum atomic E-state index is 14.0. The summed E-state index contributed by atoms with van der Waals surface area (Å²) in [5.41, 5.74) is 0.339. The standard InChI is InChI=1S/C28H30BrFN4O8S/c1-2-41-26(37)32-43(39,40)23-10-12-31-14-22(23)33(15-17-3-6-20(30)7-4-17)24(35)16-34-25(36)28(42-27(34)38)11-9-18-13-19(29)5-8-21(18)28/h3-8,13,22-23,31H,2,9-12,14-16H2,1H3,(H,32,37)/t22-,23?,28-/m1/s1. The van der Waals surface area contributed by atoms with Gasteiger partial charge in [-0.2, -0.15) is 0 Å². The van der Waals surface area contributed by atoms with Crippen LogP contribution >= 0.6 is 15.9 Å². The molecule has 0 bridgehead atoms. The molecule has 0 saturated carbocycles. The van der Waals surface area contributed by atoms with Gasteiger partial charge in [-0.25, -0.2) is 32.0 Å². The second-order valence-corrected chi connectivity index (χ2v) is 13.3. The van der Waals surface area contributed by atoms with Crippen LogP contribution in [0.4, 0.5) is 14.0 Å². The average Bonchev–Trinajstić information content (AvgIpc) is 3.43. The lowest BCUT2D eigenvalue weighted by Gasteiger charge is -2.40. The monoisotopic (exact) mass is 680 g/mol. The molecule has 2 heterocycles. The number of carbonyl (C=O) groups is 4. The van der Waals surface area contributed by atoms with Gasteiger partial charge in [0.25, 0.3) is 5.91 Å². The predicted octanol–water partition coefficient (Wildman–Crippen LogP) is 2.54. The smallest absolute Gasteiger partial charge is 0.420 e. The Balaban J connectivity index is 1.44. The summed E-state index contributed by atoms with van der Waals surface area (Å²) in [7, 11) is -4.33. The van der Waals surface area contributed by atoms with E-state index in [-0.39, 0.29) is 32.5 Å². The van der Waals surface area contributed by atoms with Gasteiger partial charge in [0.1, 0.15) is 17.6 Å². The van der Waals surface area contributed by atoms with Crippen LogP contribution in [-0.4, -0.2) is 79.8 Å². The number of nitrogens with zero attached hydrogens (tertiary/aromatic N) is 2. The number of benzene rings is 2. The zero-order chi connectivity index (χ0) is 30.9. The molecule has 1 aliphatic carbocycles. The normalized spacial score (nSPS) is 23.2. The van der Waals surface area contributed by atoms with E-state index in [2.05, 4.69) is 21.2 Å². The maximum Gasteiger partial charge on any atom is 0.420 e. The number of aryl methyl sites for hydroxylation is 1. The molecule has 3 atom stereocenters. The van der Waals surface area contributed by atoms with Crippen molar-refractivity contribution in [2.24, 2.45) is 0 Å². The van der Waals surface area contributed by atoms with E-state index in [0.29, 0.717) is 24.1 Å². The quantitative estimate of drug-likeness (QED) is 0.429. The highest BCUT2D eigenvalue weighted by molar-refractivity contribution is 9.10. The number of hydrogen-bond acceptors (Lipinski definition) is 9. The zero-order valence-corrected chi connectivity index (χ0v) is 25.6. The van der Waals surface area contributed by atoms with Crippen LogP contribution in [0.1, 0.15) is 36.5 Å². The zero-order valence-electron chi connectivity index (χ0n) is 23.2. The van der Waals surface area contributed by atoms with E-state index in [1.54, 1.807) is 12.1 Å². The van der Waals surface area contributed by atoms with Gasteiger partial charge in [-0.1, -0.05) is 34.1 Å². The molecule has 2 N–H and O–H groups in total. The molecule has 1 spiro atoms. The van der Waals surface area contributed by atoms with Crippen LogP contribution in [-0.2, 0) is 47.7 Å². The average molecular weight is 682 g/mol. The van der Waals surface area contributed by atoms with Crippen LogP contribution in [0, 0.1) is 5.82 Å². The van der Waals surface area contributed by atoms with Gasteiger partial charge in [0.2, 0.25) is 21.5 Å². The highest BCUT2D eigenvalue weighted by atomic mass is 79.9. The van der Waals surface area contributed by atoms with E-state index in [1.807, 2.05) is 10.8 Å². The van der Waals surface area contributed by atoms with Crippen LogP contribution in [0.5, 0.6) is 0 Å². The van der Waals surface area contributed by atoms with Gasteiger partial charge in [-0.15, -0.1) is 0 Å². The first-order valence-electron chi connectivity index (χ1n) is 13.7. The lowest BCUT2D eigenvalue weighted by molar-refractivity contribution is -0.143. The first kappa shape index (κ1) is 30.9. The molecule has 230 valence electrons. The summed E-state index contributed by atoms with van der Waals surface area (Å²) in [6.07, 6.45) is -1.36. The number of nitrogens with one attached hydrogen (secondary N) is 2. The van der Waals surface area contributed by atoms with Gasteiger partial charge < -0.3 is 19.7 Å². The number of imide groups is 1. The molecule has 0 radical (unpaired) electrons. The van der Waals surface area contributed by atoms with E-state index in [0.717, 1.165) is 14.9 Å². The molecule has 2 aromatic rings. The van der Waals surface area contributed by atoms with Crippen LogP contribution in [0.25, 0.3) is 0 Å². The molecular weight excluding hydrogens is 651 g/mol. The van der Waals surface area contributed by atoms with Crippen molar-refractivity contribution in [1.82, 2.24) is 19.8 Å². The number of ether oxygens (including phenoxy) is 2. The molecule has 43 heavy (non-hydrogen) atoms. The summed E-state index contributed by atoms with van der Waals surface area (Å²) in [4.78, 5) is 54.7. The number of piperidine rings is 1. The summed E-state index contributed by atoms with van der Waals surface area (Å²) in [6, 6.07) is 9.59. The largest absolute Gasteiger partial charge is 0.449 e. The SMILES string of the molecule is CCOC(=O)NS(=O)(=O)C1CCNC[C@H]1N(Cc1ccc(F)cc1)C(=O)CN1C(=O)O[C@@]2(CCc3cc(Br)ccc32)C1=O. The second-order valence-electron chi connectivity index (χ2n) is 10.5. The van der Waals surface area contributed by atoms with Crippen LogP contribution in [0.15, 0.2) is 46.9 Å². The summed E-state index contributed by atoms with van der Waals surface area (Å²) in [6.45, 7) is 0.942. The Kier molecular flexibility index (Phi) is 8.77.